The van der Waals surface area contributed by atoms with Crippen molar-refractivity contribution in [3.63, 3.8) is 0 Å². The molecule has 0 spiro atoms. The predicted molar refractivity (Wildman–Crippen MR) is 92.0 cm³/mol. The molecule has 1 unspecified atom stereocenters. The number of halogens is 2. The minimum Gasteiger partial charge on any atom is -0.494 e. The number of alkyl halides is 1. The lowest BCUT2D eigenvalue weighted by Gasteiger charge is -2.16. The summed E-state index contributed by atoms with van der Waals surface area (Å²) in [5, 5.41) is 0. The van der Waals surface area contributed by atoms with Gasteiger partial charge >= 0.3 is 0 Å². The van der Waals surface area contributed by atoms with Gasteiger partial charge in [-0.1, -0.05) is 50.1 Å². The predicted octanol–water partition coefficient (Wildman–Crippen LogP) is 5.95. The van der Waals surface area contributed by atoms with Crippen LogP contribution >= 0.6 is 31.9 Å². The molecule has 1 nitrogen and oxygen atoms in total. The Balaban J connectivity index is 2.31. The summed E-state index contributed by atoms with van der Waals surface area (Å²) in [5.41, 5.74) is 5.06. The van der Waals surface area contributed by atoms with Crippen LogP contribution in [0, 0.1) is 13.8 Å². The van der Waals surface area contributed by atoms with E-state index in [1.807, 2.05) is 19.1 Å². The van der Waals surface area contributed by atoms with Crippen molar-refractivity contribution in [3.05, 3.63) is 63.1 Å². The van der Waals surface area contributed by atoms with Crippen LogP contribution in [0.5, 0.6) is 5.75 Å². The highest BCUT2D eigenvalue weighted by atomic mass is 79.9. The first-order valence-electron chi connectivity index (χ1n) is 6.66. The maximum Gasteiger partial charge on any atom is 0.119 e. The summed E-state index contributed by atoms with van der Waals surface area (Å²) in [4.78, 5) is 0.199. The number of benzene rings is 2. The number of hydrogen-bond acceptors (Lipinski definition) is 1. The average Bonchev–Trinajstić information content (AvgIpc) is 2.43. The molecule has 0 aliphatic rings. The van der Waals surface area contributed by atoms with E-state index in [9.17, 15) is 0 Å². The first-order chi connectivity index (χ1) is 9.52. The van der Waals surface area contributed by atoms with Crippen LogP contribution in [-0.4, -0.2) is 6.61 Å². The SMILES string of the molecule is CCOc1ccc(C(Br)c2cc(C)c(Br)cc2C)cc1. The first kappa shape index (κ1) is 15.6. The van der Waals surface area contributed by atoms with Gasteiger partial charge in [-0.15, -0.1) is 0 Å². The molecule has 106 valence electrons. The minimum absolute atomic E-state index is 0.199. The van der Waals surface area contributed by atoms with Gasteiger partial charge in [-0.2, -0.15) is 0 Å². The second-order valence-corrected chi connectivity index (χ2v) is 6.59. The van der Waals surface area contributed by atoms with Crippen LogP contribution in [0.15, 0.2) is 40.9 Å². The smallest absolute Gasteiger partial charge is 0.119 e. The van der Waals surface area contributed by atoms with E-state index in [-0.39, 0.29) is 4.83 Å². The molecule has 2 aromatic carbocycles. The molecule has 2 rings (SSSR count). The fourth-order valence-corrected chi connectivity index (χ4v) is 3.41. The maximum atomic E-state index is 5.48. The molecule has 1 atom stereocenters. The number of aryl methyl sites for hydroxylation is 2. The highest BCUT2D eigenvalue weighted by Gasteiger charge is 2.14. The zero-order chi connectivity index (χ0) is 14.7. The number of rotatable bonds is 4. The van der Waals surface area contributed by atoms with Crippen molar-refractivity contribution in [3.8, 4) is 5.75 Å². The summed E-state index contributed by atoms with van der Waals surface area (Å²) >= 11 is 7.39. The molecular weight excluding hydrogens is 380 g/mol. The summed E-state index contributed by atoms with van der Waals surface area (Å²) in [6.07, 6.45) is 0. The van der Waals surface area contributed by atoms with E-state index in [4.69, 9.17) is 4.74 Å². The number of ether oxygens (including phenoxy) is 1. The van der Waals surface area contributed by atoms with Gasteiger partial charge in [-0.25, -0.2) is 0 Å². The van der Waals surface area contributed by atoms with E-state index in [1.54, 1.807) is 0 Å². The van der Waals surface area contributed by atoms with Crippen LogP contribution in [0.3, 0.4) is 0 Å². The highest BCUT2D eigenvalue weighted by molar-refractivity contribution is 9.10. The zero-order valence-electron chi connectivity index (χ0n) is 11.9. The molecule has 20 heavy (non-hydrogen) atoms. The van der Waals surface area contributed by atoms with Gasteiger partial charge in [0.1, 0.15) is 5.75 Å². The monoisotopic (exact) mass is 396 g/mol. The second kappa shape index (κ2) is 6.77. The standard InChI is InChI=1S/C17H18Br2O/c1-4-20-14-7-5-13(6-8-14)17(19)15-9-12(3)16(18)10-11(15)2/h5-10,17H,4H2,1-3H3. The van der Waals surface area contributed by atoms with Gasteiger partial charge in [0, 0.05) is 4.47 Å². The van der Waals surface area contributed by atoms with Crippen molar-refractivity contribution in [1.29, 1.82) is 0 Å². The van der Waals surface area contributed by atoms with Crippen molar-refractivity contribution in [2.24, 2.45) is 0 Å². The van der Waals surface area contributed by atoms with Crippen molar-refractivity contribution in [1.82, 2.24) is 0 Å². The lowest BCUT2D eigenvalue weighted by Crippen LogP contribution is -1.98. The molecule has 0 N–H and O–H groups in total. The summed E-state index contributed by atoms with van der Waals surface area (Å²) in [7, 11) is 0. The van der Waals surface area contributed by atoms with Gasteiger partial charge in [0.25, 0.3) is 0 Å². The van der Waals surface area contributed by atoms with Crippen LogP contribution < -0.4 is 4.74 Å². The Morgan fingerprint density at radius 3 is 2.30 bits per heavy atom. The van der Waals surface area contributed by atoms with Gasteiger partial charge in [0.2, 0.25) is 0 Å². The molecule has 0 aliphatic heterocycles. The molecule has 0 radical (unpaired) electrons. The van der Waals surface area contributed by atoms with Crippen LogP contribution in [0.25, 0.3) is 0 Å². The van der Waals surface area contributed by atoms with Gasteiger partial charge in [-0.05, 0) is 61.2 Å². The molecule has 0 fully saturated rings. The molecule has 3 heteroatoms. The van der Waals surface area contributed by atoms with Crippen molar-refractivity contribution in [2.45, 2.75) is 25.6 Å². The van der Waals surface area contributed by atoms with Gasteiger partial charge in [0.15, 0.2) is 0 Å². The van der Waals surface area contributed by atoms with E-state index in [0.29, 0.717) is 6.61 Å². The van der Waals surface area contributed by atoms with Crippen LogP contribution in [0.4, 0.5) is 0 Å². The Bertz CT molecular complexity index is 591. The third-order valence-corrected chi connectivity index (χ3v) is 5.18. The first-order valence-corrected chi connectivity index (χ1v) is 8.37. The fourth-order valence-electron chi connectivity index (χ4n) is 2.16. The summed E-state index contributed by atoms with van der Waals surface area (Å²) in [6, 6.07) is 12.7. The minimum atomic E-state index is 0.199. The van der Waals surface area contributed by atoms with Gasteiger partial charge in [-0.3, -0.25) is 0 Å². The van der Waals surface area contributed by atoms with Crippen LogP contribution in [0.1, 0.15) is 34.0 Å². The van der Waals surface area contributed by atoms with E-state index < -0.39 is 0 Å². The van der Waals surface area contributed by atoms with Gasteiger partial charge < -0.3 is 4.74 Å². The van der Waals surface area contributed by atoms with Crippen LogP contribution in [-0.2, 0) is 0 Å². The van der Waals surface area contributed by atoms with Crippen molar-refractivity contribution in [2.75, 3.05) is 6.61 Å². The fraction of sp³-hybridized carbons (Fsp3) is 0.294. The molecule has 0 aromatic heterocycles. The Kier molecular flexibility index (Phi) is 5.28. The lowest BCUT2D eigenvalue weighted by atomic mass is 9.98. The lowest BCUT2D eigenvalue weighted by molar-refractivity contribution is 0.340. The molecule has 0 bridgehead atoms. The maximum absolute atomic E-state index is 5.48. The molecule has 0 saturated carbocycles. The highest BCUT2D eigenvalue weighted by Crippen LogP contribution is 2.35. The van der Waals surface area contributed by atoms with E-state index in [1.165, 1.54) is 22.3 Å². The molecule has 0 amide bonds. The third kappa shape index (κ3) is 3.44. The third-order valence-electron chi connectivity index (χ3n) is 3.30. The van der Waals surface area contributed by atoms with Crippen molar-refractivity contribution >= 4 is 31.9 Å². The molecule has 0 aliphatic carbocycles. The molecule has 0 heterocycles. The summed E-state index contributed by atoms with van der Waals surface area (Å²) in [5.74, 6) is 0.916. The Labute approximate surface area is 137 Å². The quantitative estimate of drug-likeness (QED) is 0.579. The number of hydrogen-bond donors (Lipinski definition) is 0. The Morgan fingerprint density at radius 1 is 1.05 bits per heavy atom. The largest absolute Gasteiger partial charge is 0.494 e. The Morgan fingerprint density at radius 2 is 1.70 bits per heavy atom. The average molecular weight is 398 g/mol. The molecular formula is C17H18Br2O. The van der Waals surface area contributed by atoms with E-state index in [0.717, 1.165) is 10.2 Å². The summed E-state index contributed by atoms with van der Waals surface area (Å²) in [6.45, 7) is 6.95. The van der Waals surface area contributed by atoms with Crippen molar-refractivity contribution < 1.29 is 4.74 Å². The summed E-state index contributed by atoms with van der Waals surface area (Å²) < 4.78 is 6.64. The molecule has 2 aromatic rings. The normalized spacial score (nSPS) is 12.2. The topological polar surface area (TPSA) is 9.23 Å². The molecule has 0 saturated heterocycles. The van der Waals surface area contributed by atoms with Crippen LogP contribution in [0.2, 0.25) is 0 Å². The Hall–Kier alpha value is -0.800. The van der Waals surface area contributed by atoms with E-state index in [2.05, 4.69) is 70.0 Å². The van der Waals surface area contributed by atoms with E-state index >= 15 is 0 Å². The zero-order valence-corrected chi connectivity index (χ0v) is 15.1. The van der Waals surface area contributed by atoms with Gasteiger partial charge in [0.05, 0.1) is 11.4 Å². The second-order valence-electron chi connectivity index (χ2n) is 4.82.